The molecule has 1 heterocycles. The van der Waals surface area contributed by atoms with E-state index in [1.54, 1.807) is 41.8 Å². The van der Waals surface area contributed by atoms with Crippen molar-refractivity contribution in [3.8, 4) is 11.5 Å². The van der Waals surface area contributed by atoms with Crippen LogP contribution in [0.25, 0.3) is 0 Å². The molecule has 0 spiro atoms. The van der Waals surface area contributed by atoms with Crippen molar-refractivity contribution in [2.45, 2.75) is 19.9 Å². The molecule has 1 atom stereocenters. The van der Waals surface area contributed by atoms with E-state index in [0.717, 1.165) is 18.2 Å². The molecule has 35 heavy (non-hydrogen) atoms. The molecule has 0 saturated carbocycles. The number of benzene rings is 2. The molecule has 1 fully saturated rings. The standard InChI is InChI=1S/C25H29F2N3O5/c1-15(2)22(28-23(31)21-17(26)6-5-7-18(21)27)25(33)30-12-10-29(11-13-30)24(32)16-8-9-19(34-3)20(14-16)35-4/h5-9,14-15,22H,10-13H2,1-4H3,(H,28,31). The summed E-state index contributed by atoms with van der Waals surface area (Å²) in [6.45, 7) is 4.56. The SMILES string of the molecule is COc1ccc(C(=O)N2CCN(C(=O)C(NC(=O)c3c(F)cccc3F)C(C)C)CC2)cc1OC. The normalized spacial score (nSPS) is 14.5. The lowest BCUT2D eigenvalue weighted by molar-refractivity contribution is -0.135. The minimum Gasteiger partial charge on any atom is -0.493 e. The number of nitrogens with zero attached hydrogens (tertiary/aromatic N) is 2. The molecule has 2 aromatic rings. The highest BCUT2D eigenvalue weighted by Gasteiger charge is 2.33. The second-order valence-corrected chi connectivity index (χ2v) is 8.48. The zero-order valence-corrected chi connectivity index (χ0v) is 20.1. The molecule has 0 radical (unpaired) electrons. The van der Waals surface area contributed by atoms with Crippen LogP contribution in [0.5, 0.6) is 11.5 Å². The fourth-order valence-corrected chi connectivity index (χ4v) is 3.92. The zero-order chi connectivity index (χ0) is 25.7. The maximum Gasteiger partial charge on any atom is 0.257 e. The molecular formula is C25H29F2N3O5. The van der Waals surface area contributed by atoms with Crippen LogP contribution in [0.4, 0.5) is 8.78 Å². The average Bonchev–Trinajstić information content (AvgIpc) is 2.85. The summed E-state index contributed by atoms with van der Waals surface area (Å²) in [5, 5.41) is 2.48. The Morgan fingerprint density at radius 1 is 0.886 bits per heavy atom. The third kappa shape index (κ3) is 5.70. The number of rotatable bonds is 7. The predicted molar refractivity (Wildman–Crippen MR) is 124 cm³/mol. The lowest BCUT2D eigenvalue weighted by Gasteiger charge is -2.37. The number of hydrogen-bond donors (Lipinski definition) is 1. The van der Waals surface area contributed by atoms with Crippen LogP contribution in [-0.4, -0.2) is 74.0 Å². The Kier molecular flexibility index (Phi) is 8.26. The maximum absolute atomic E-state index is 14.0. The number of carbonyl (C=O) groups excluding carboxylic acids is 3. The van der Waals surface area contributed by atoms with E-state index in [2.05, 4.69) is 5.32 Å². The van der Waals surface area contributed by atoms with Crippen LogP contribution in [-0.2, 0) is 4.79 Å². The smallest absolute Gasteiger partial charge is 0.257 e. The summed E-state index contributed by atoms with van der Waals surface area (Å²) in [4.78, 5) is 41.8. The summed E-state index contributed by atoms with van der Waals surface area (Å²) >= 11 is 0. The molecule has 3 amide bonds. The Morgan fingerprint density at radius 3 is 2.00 bits per heavy atom. The first kappa shape index (κ1) is 25.9. The minimum absolute atomic E-state index is 0.207. The van der Waals surface area contributed by atoms with E-state index in [0.29, 0.717) is 30.2 Å². The van der Waals surface area contributed by atoms with Crippen molar-refractivity contribution in [3.05, 3.63) is 59.2 Å². The molecule has 10 heteroatoms. The van der Waals surface area contributed by atoms with Gasteiger partial charge in [0.05, 0.1) is 14.2 Å². The number of methoxy groups -OCH3 is 2. The number of hydrogen-bond acceptors (Lipinski definition) is 5. The van der Waals surface area contributed by atoms with E-state index in [-0.39, 0.29) is 30.8 Å². The summed E-state index contributed by atoms with van der Waals surface area (Å²) in [7, 11) is 3.00. The molecule has 1 unspecified atom stereocenters. The lowest BCUT2D eigenvalue weighted by Crippen LogP contribution is -2.57. The summed E-state index contributed by atoms with van der Waals surface area (Å²) in [6.07, 6.45) is 0. The van der Waals surface area contributed by atoms with Gasteiger partial charge in [0.15, 0.2) is 11.5 Å². The molecule has 188 valence electrons. The molecule has 8 nitrogen and oxygen atoms in total. The van der Waals surface area contributed by atoms with E-state index in [9.17, 15) is 23.2 Å². The molecule has 0 bridgehead atoms. The predicted octanol–water partition coefficient (Wildman–Crippen LogP) is 2.72. The van der Waals surface area contributed by atoms with Crippen LogP contribution in [0, 0.1) is 17.6 Å². The van der Waals surface area contributed by atoms with E-state index < -0.39 is 29.1 Å². The monoisotopic (exact) mass is 489 g/mol. The molecular weight excluding hydrogens is 460 g/mol. The van der Waals surface area contributed by atoms with Gasteiger partial charge in [0, 0.05) is 31.7 Å². The van der Waals surface area contributed by atoms with Gasteiger partial charge in [-0.3, -0.25) is 14.4 Å². The highest BCUT2D eigenvalue weighted by molar-refractivity contribution is 5.98. The third-order valence-electron chi connectivity index (χ3n) is 5.92. The molecule has 1 N–H and O–H groups in total. The van der Waals surface area contributed by atoms with Gasteiger partial charge in [-0.1, -0.05) is 19.9 Å². The molecule has 3 rings (SSSR count). The summed E-state index contributed by atoms with van der Waals surface area (Å²) in [5.74, 6) is -2.95. The minimum atomic E-state index is -1.00. The first-order valence-corrected chi connectivity index (χ1v) is 11.2. The number of ether oxygens (including phenoxy) is 2. The fourth-order valence-electron chi connectivity index (χ4n) is 3.92. The van der Waals surface area contributed by atoms with Gasteiger partial charge in [0.2, 0.25) is 5.91 Å². The molecule has 1 saturated heterocycles. The van der Waals surface area contributed by atoms with Gasteiger partial charge in [0.1, 0.15) is 23.2 Å². The summed E-state index contributed by atoms with van der Waals surface area (Å²) < 4.78 is 38.5. The van der Waals surface area contributed by atoms with E-state index in [1.165, 1.54) is 14.2 Å². The molecule has 0 aliphatic carbocycles. The highest BCUT2D eigenvalue weighted by atomic mass is 19.1. The van der Waals surface area contributed by atoms with Crippen molar-refractivity contribution in [3.63, 3.8) is 0 Å². The third-order valence-corrected chi connectivity index (χ3v) is 5.92. The van der Waals surface area contributed by atoms with Gasteiger partial charge >= 0.3 is 0 Å². The van der Waals surface area contributed by atoms with Crippen molar-refractivity contribution in [1.82, 2.24) is 15.1 Å². The number of amides is 3. The van der Waals surface area contributed by atoms with Crippen molar-refractivity contribution in [2.75, 3.05) is 40.4 Å². The Bertz CT molecular complexity index is 1080. The largest absolute Gasteiger partial charge is 0.493 e. The fraction of sp³-hybridized carbons (Fsp3) is 0.400. The molecule has 2 aromatic carbocycles. The van der Waals surface area contributed by atoms with Crippen LogP contribution >= 0.6 is 0 Å². The van der Waals surface area contributed by atoms with Crippen LogP contribution in [0.3, 0.4) is 0 Å². The molecule has 0 aromatic heterocycles. The Hall–Kier alpha value is -3.69. The average molecular weight is 490 g/mol. The topological polar surface area (TPSA) is 88.2 Å². The number of halogens is 2. The van der Waals surface area contributed by atoms with Crippen LogP contribution < -0.4 is 14.8 Å². The van der Waals surface area contributed by atoms with Gasteiger partial charge in [-0.2, -0.15) is 0 Å². The first-order chi connectivity index (χ1) is 16.7. The zero-order valence-electron chi connectivity index (χ0n) is 20.1. The van der Waals surface area contributed by atoms with Crippen molar-refractivity contribution < 1.29 is 32.6 Å². The second kappa shape index (κ2) is 11.2. The quantitative estimate of drug-likeness (QED) is 0.646. The van der Waals surface area contributed by atoms with Gasteiger partial charge in [-0.25, -0.2) is 8.78 Å². The molecule has 1 aliphatic heterocycles. The number of piperazine rings is 1. The summed E-state index contributed by atoms with van der Waals surface area (Å²) in [6, 6.07) is 7.06. The van der Waals surface area contributed by atoms with Gasteiger partial charge < -0.3 is 24.6 Å². The maximum atomic E-state index is 14.0. The highest BCUT2D eigenvalue weighted by Crippen LogP contribution is 2.28. The van der Waals surface area contributed by atoms with E-state index >= 15 is 0 Å². The van der Waals surface area contributed by atoms with Crippen LogP contribution in [0.15, 0.2) is 36.4 Å². The van der Waals surface area contributed by atoms with E-state index in [4.69, 9.17) is 9.47 Å². The van der Waals surface area contributed by atoms with Crippen molar-refractivity contribution >= 4 is 17.7 Å². The van der Waals surface area contributed by atoms with Crippen molar-refractivity contribution in [2.24, 2.45) is 5.92 Å². The van der Waals surface area contributed by atoms with Gasteiger partial charge in [-0.05, 0) is 36.2 Å². The van der Waals surface area contributed by atoms with Crippen molar-refractivity contribution in [1.29, 1.82) is 0 Å². The van der Waals surface area contributed by atoms with Crippen LogP contribution in [0.2, 0.25) is 0 Å². The Labute approximate surface area is 202 Å². The Balaban J connectivity index is 1.65. The van der Waals surface area contributed by atoms with E-state index in [1.807, 2.05) is 0 Å². The first-order valence-electron chi connectivity index (χ1n) is 11.2. The Morgan fingerprint density at radius 2 is 1.46 bits per heavy atom. The van der Waals surface area contributed by atoms with Gasteiger partial charge in [-0.15, -0.1) is 0 Å². The summed E-state index contributed by atoms with van der Waals surface area (Å²) in [5.41, 5.74) is -0.294. The van der Waals surface area contributed by atoms with Gasteiger partial charge in [0.25, 0.3) is 11.8 Å². The molecule has 1 aliphatic rings. The lowest BCUT2D eigenvalue weighted by atomic mass is 10.0. The number of carbonyl (C=O) groups is 3. The number of nitrogens with one attached hydrogen (secondary N) is 1. The second-order valence-electron chi connectivity index (χ2n) is 8.48. The van der Waals surface area contributed by atoms with Crippen LogP contribution in [0.1, 0.15) is 34.6 Å².